The van der Waals surface area contributed by atoms with Gasteiger partial charge in [0.25, 0.3) is 0 Å². The number of anilines is 1. The van der Waals surface area contributed by atoms with E-state index in [-0.39, 0.29) is 12.5 Å². The number of benzene rings is 2. The molecule has 26 heavy (non-hydrogen) atoms. The fourth-order valence-corrected chi connectivity index (χ4v) is 3.06. The third-order valence-electron chi connectivity index (χ3n) is 3.69. The molecule has 138 valence electrons. The van der Waals surface area contributed by atoms with Crippen molar-refractivity contribution in [2.75, 3.05) is 18.5 Å². The smallest absolute Gasteiger partial charge is 0.407 e. The minimum absolute atomic E-state index is 0.0753. The van der Waals surface area contributed by atoms with E-state index in [0.717, 1.165) is 10.0 Å². The van der Waals surface area contributed by atoms with E-state index in [1.54, 1.807) is 19.2 Å². The maximum Gasteiger partial charge on any atom is 0.407 e. The molecule has 0 aliphatic rings. The Morgan fingerprint density at radius 2 is 1.92 bits per heavy atom. The van der Waals surface area contributed by atoms with Crippen LogP contribution in [0.25, 0.3) is 0 Å². The van der Waals surface area contributed by atoms with Crippen LogP contribution in [0.2, 0.25) is 5.02 Å². The summed E-state index contributed by atoms with van der Waals surface area (Å²) in [5.41, 5.74) is 1.57. The van der Waals surface area contributed by atoms with Crippen molar-refractivity contribution in [3.05, 3.63) is 63.6 Å². The van der Waals surface area contributed by atoms with Crippen molar-refractivity contribution in [1.82, 2.24) is 5.32 Å². The highest BCUT2D eigenvalue weighted by Gasteiger charge is 2.14. The van der Waals surface area contributed by atoms with Gasteiger partial charge in [0.1, 0.15) is 6.61 Å². The van der Waals surface area contributed by atoms with Crippen molar-refractivity contribution in [2.24, 2.45) is 0 Å². The molecule has 2 aromatic carbocycles. The average molecular weight is 440 g/mol. The van der Waals surface area contributed by atoms with Crippen molar-refractivity contribution in [3.8, 4) is 0 Å². The Balaban J connectivity index is 1.68. The predicted octanol–water partition coefficient (Wildman–Crippen LogP) is 4.77. The van der Waals surface area contributed by atoms with Crippen molar-refractivity contribution in [1.29, 1.82) is 0 Å². The van der Waals surface area contributed by atoms with Gasteiger partial charge in [-0.05, 0) is 30.2 Å². The van der Waals surface area contributed by atoms with Gasteiger partial charge in [0.15, 0.2) is 0 Å². The van der Waals surface area contributed by atoms with E-state index < -0.39 is 6.09 Å². The molecule has 0 saturated heterocycles. The summed E-state index contributed by atoms with van der Waals surface area (Å²) in [6.07, 6.45) is 0.310. The van der Waals surface area contributed by atoms with Crippen LogP contribution in [0.3, 0.4) is 0 Å². The van der Waals surface area contributed by atoms with Crippen LogP contribution < -0.4 is 10.2 Å². The monoisotopic (exact) mass is 438 g/mol. The van der Waals surface area contributed by atoms with Gasteiger partial charge in [-0.2, -0.15) is 0 Å². The van der Waals surface area contributed by atoms with E-state index in [2.05, 4.69) is 21.2 Å². The Labute approximate surface area is 166 Å². The summed E-state index contributed by atoms with van der Waals surface area (Å²) in [4.78, 5) is 25.4. The summed E-state index contributed by atoms with van der Waals surface area (Å²) >= 11 is 9.49. The zero-order valence-corrected chi connectivity index (χ0v) is 16.7. The molecule has 0 radical (unpaired) electrons. The molecule has 5 nitrogen and oxygen atoms in total. The number of rotatable bonds is 7. The van der Waals surface area contributed by atoms with Crippen LogP contribution in [-0.4, -0.2) is 25.6 Å². The van der Waals surface area contributed by atoms with E-state index in [0.29, 0.717) is 30.1 Å². The number of halogens is 2. The molecule has 0 aliphatic carbocycles. The first-order valence-corrected chi connectivity index (χ1v) is 9.30. The second kappa shape index (κ2) is 10.2. The molecule has 2 rings (SSSR count). The lowest BCUT2D eigenvalue weighted by molar-refractivity contribution is -0.118. The second-order valence-corrected chi connectivity index (χ2v) is 6.96. The Hall–Kier alpha value is -2.05. The lowest BCUT2D eigenvalue weighted by Gasteiger charge is -2.19. The SMILES string of the molecule is CN(C(=O)CCCNC(=O)OCc1ccccc1)c1ccc(Br)cc1Cl. The third kappa shape index (κ3) is 6.35. The van der Waals surface area contributed by atoms with Gasteiger partial charge in [-0.1, -0.05) is 57.9 Å². The van der Waals surface area contributed by atoms with Crippen LogP contribution in [0.5, 0.6) is 0 Å². The number of alkyl carbamates (subject to hydrolysis) is 1. The molecule has 0 heterocycles. The van der Waals surface area contributed by atoms with Crippen LogP contribution in [0.4, 0.5) is 10.5 Å². The molecule has 2 aromatic rings. The van der Waals surface area contributed by atoms with Gasteiger partial charge in [0.2, 0.25) is 5.91 Å². The number of carbonyl (C=O) groups is 2. The number of hydrogen-bond donors (Lipinski definition) is 1. The molecule has 2 amide bonds. The molecular formula is C19H20BrClN2O3. The predicted molar refractivity (Wildman–Crippen MR) is 106 cm³/mol. The number of hydrogen-bond acceptors (Lipinski definition) is 3. The minimum atomic E-state index is -0.495. The van der Waals surface area contributed by atoms with Crippen molar-refractivity contribution in [2.45, 2.75) is 19.4 Å². The van der Waals surface area contributed by atoms with Crippen molar-refractivity contribution < 1.29 is 14.3 Å². The molecule has 0 atom stereocenters. The summed E-state index contributed by atoms with van der Waals surface area (Å²) in [7, 11) is 1.68. The average Bonchev–Trinajstić information content (AvgIpc) is 2.63. The standard InChI is InChI=1S/C19H20BrClN2O3/c1-23(17-10-9-15(20)12-16(17)21)18(24)8-5-11-22-19(25)26-13-14-6-3-2-4-7-14/h2-4,6-7,9-10,12H,5,8,11,13H2,1H3,(H,22,25). The molecule has 0 spiro atoms. The molecule has 7 heteroatoms. The highest BCUT2D eigenvalue weighted by molar-refractivity contribution is 9.10. The quantitative estimate of drug-likeness (QED) is 0.632. The Bertz CT molecular complexity index is 756. The number of nitrogens with one attached hydrogen (secondary N) is 1. The molecule has 0 aromatic heterocycles. The Morgan fingerprint density at radius 3 is 2.62 bits per heavy atom. The van der Waals surface area contributed by atoms with E-state index >= 15 is 0 Å². The Morgan fingerprint density at radius 1 is 1.19 bits per heavy atom. The zero-order chi connectivity index (χ0) is 18.9. The number of carbonyl (C=O) groups excluding carboxylic acids is 2. The summed E-state index contributed by atoms with van der Waals surface area (Å²) < 4.78 is 5.96. The molecule has 0 saturated carbocycles. The van der Waals surface area contributed by atoms with Crippen molar-refractivity contribution >= 4 is 45.2 Å². The molecule has 0 bridgehead atoms. The van der Waals surface area contributed by atoms with Crippen molar-refractivity contribution in [3.63, 3.8) is 0 Å². The molecule has 1 N–H and O–H groups in total. The molecule has 0 unspecified atom stereocenters. The van der Waals surface area contributed by atoms with Gasteiger partial charge in [-0.25, -0.2) is 4.79 Å². The highest BCUT2D eigenvalue weighted by Crippen LogP contribution is 2.28. The van der Waals surface area contributed by atoms with Crippen LogP contribution in [0.1, 0.15) is 18.4 Å². The Kier molecular flexibility index (Phi) is 7.94. The van der Waals surface area contributed by atoms with Gasteiger partial charge in [-0.3, -0.25) is 4.79 Å². The lowest BCUT2D eigenvalue weighted by Crippen LogP contribution is -2.29. The summed E-state index contributed by atoms with van der Waals surface area (Å²) in [5, 5.41) is 3.14. The lowest BCUT2D eigenvalue weighted by atomic mass is 10.2. The number of ether oxygens (including phenoxy) is 1. The van der Waals surface area contributed by atoms with E-state index in [9.17, 15) is 9.59 Å². The fourth-order valence-electron chi connectivity index (χ4n) is 2.26. The maximum absolute atomic E-state index is 12.2. The fraction of sp³-hybridized carbons (Fsp3) is 0.263. The van der Waals surface area contributed by atoms with Gasteiger partial charge < -0.3 is 15.0 Å². The van der Waals surface area contributed by atoms with Gasteiger partial charge >= 0.3 is 6.09 Å². The number of amides is 2. The topological polar surface area (TPSA) is 58.6 Å². The first kappa shape index (κ1) is 20.3. The van der Waals surface area contributed by atoms with E-state index in [1.165, 1.54) is 4.90 Å². The maximum atomic E-state index is 12.2. The van der Waals surface area contributed by atoms with Crippen LogP contribution in [-0.2, 0) is 16.1 Å². The largest absolute Gasteiger partial charge is 0.445 e. The van der Waals surface area contributed by atoms with Gasteiger partial charge in [0.05, 0.1) is 10.7 Å². The third-order valence-corrected chi connectivity index (χ3v) is 4.49. The summed E-state index contributed by atoms with van der Waals surface area (Å²) in [6.45, 7) is 0.581. The number of nitrogens with zero attached hydrogens (tertiary/aromatic N) is 1. The van der Waals surface area contributed by atoms with E-state index in [1.807, 2.05) is 36.4 Å². The minimum Gasteiger partial charge on any atom is -0.445 e. The second-order valence-electron chi connectivity index (χ2n) is 5.64. The summed E-state index contributed by atoms with van der Waals surface area (Å²) in [6, 6.07) is 14.8. The normalized spacial score (nSPS) is 10.3. The molecule has 0 fully saturated rings. The molecular weight excluding hydrogens is 420 g/mol. The van der Waals surface area contributed by atoms with Gasteiger partial charge in [0, 0.05) is 24.5 Å². The molecule has 0 aliphatic heterocycles. The van der Waals surface area contributed by atoms with Gasteiger partial charge in [-0.15, -0.1) is 0 Å². The zero-order valence-electron chi connectivity index (χ0n) is 14.4. The van der Waals surface area contributed by atoms with Crippen LogP contribution in [0.15, 0.2) is 53.0 Å². The van der Waals surface area contributed by atoms with Crippen LogP contribution in [0, 0.1) is 0 Å². The summed E-state index contributed by atoms with van der Waals surface area (Å²) in [5.74, 6) is -0.0753. The first-order chi connectivity index (χ1) is 12.5. The van der Waals surface area contributed by atoms with Crippen LogP contribution >= 0.6 is 27.5 Å². The highest BCUT2D eigenvalue weighted by atomic mass is 79.9. The van der Waals surface area contributed by atoms with E-state index in [4.69, 9.17) is 16.3 Å². The first-order valence-electron chi connectivity index (χ1n) is 8.13.